The number of esters is 2. The van der Waals surface area contributed by atoms with Crippen LogP contribution < -0.4 is 0 Å². The molecule has 0 aromatic carbocycles. The van der Waals surface area contributed by atoms with Gasteiger partial charge in [-0.3, -0.25) is 4.79 Å². The smallest absolute Gasteiger partial charge is 0.330 e. The molecule has 6 heteroatoms. The molecule has 0 amide bonds. The molecule has 0 spiro atoms. The van der Waals surface area contributed by atoms with Crippen LogP contribution in [0.15, 0.2) is 25.0 Å². The number of methoxy groups -OCH3 is 1. The second kappa shape index (κ2) is 9.97. The molecule has 0 fully saturated rings. The Morgan fingerprint density at radius 2 is 1.80 bits per heavy atom. The van der Waals surface area contributed by atoms with Gasteiger partial charge in [0.15, 0.2) is 0 Å². The first-order chi connectivity index (χ1) is 6.93. The third kappa shape index (κ3) is 18.7. The van der Waals surface area contributed by atoms with E-state index in [1.54, 1.807) is 0 Å². The summed E-state index contributed by atoms with van der Waals surface area (Å²) in [5.74, 6) is -2.16. The fourth-order valence-corrected chi connectivity index (χ4v) is 0.325. The minimum Gasteiger partial charge on any atom is -0.478 e. The van der Waals surface area contributed by atoms with Gasteiger partial charge in [-0.2, -0.15) is 0 Å². The van der Waals surface area contributed by atoms with Crippen LogP contribution in [0.4, 0.5) is 0 Å². The summed E-state index contributed by atoms with van der Waals surface area (Å²) in [4.78, 5) is 29.6. The van der Waals surface area contributed by atoms with Gasteiger partial charge >= 0.3 is 17.9 Å². The summed E-state index contributed by atoms with van der Waals surface area (Å²) in [5.41, 5.74) is 0. The van der Waals surface area contributed by atoms with Crippen molar-refractivity contribution in [1.29, 1.82) is 0 Å². The van der Waals surface area contributed by atoms with Crippen LogP contribution in [0.5, 0.6) is 0 Å². The topological polar surface area (TPSA) is 89.9 Å². The van der Waals surface area contributed by atoms with Crippen LogP contribution >= 0.6 is 0 Å². The number of aliphatic carboxylic acids is 1. The zero-order chi connectivity index (χ0) is 12.3. The highest BCUT2D eigenvalue weighted by Gasteiger charge is 1.91. The van der Waals surface area contributed by atoms with Crippen molar-refractivity contribution in [2.75, 3.05) is 7.11 Å². The molecule has 0 saturated heterocycles. The molecule has 1 N–H and O–H groups in total. The normalized spacial score (nSPS) is 8.40. The molecule has 0 saturated carbocycles. The molecule has 0 aliphatic carbocycles. The minimum atomic E-state index is -1.17. The van der Waals surface area contributed by atoms with E-state index in [-0.39, 0.29) is 5.97 Å². The summed E-state index contributed by atoms with van der Waals surface area (Å²) >= 11 is 0. The average molecular weight is 216 g/mol. The van der Waals surface area contributed by atoms with E-state index in [0.29, 0.717) is 6.08 Å². The molecule has 0 unspecified atom stereocenters. The quantitative estimate of drug-likeness (QED) is 0.419. The van der Waals surface area contributed by atoms with Crippen LogP contribution in [0.1, 0.15) is 6.92 Å². The van der Waals surface area contributed by atoms with Crippen molar-refractivity contribution in [3.8, 4) is 0 Å². The van der Waals surface area contributed by atoms with Crippen molar-refractivity contribution in [3.05, 3.63) is 25.0 Å². The summed E-state index contributed by atoms with van der Waals surface area (Å²) in [6, 6.07) is 0. The number of rotatable bonds is 3. The lowest BCUT2D eigenvalue weighted by atomic mass is 10.5. The lowest BCUT2D eigenvalue weighted by Crippen LogP contribution is -1.96. The van der Waals surface area contributed by atoms with Gasteiger partial charge in [0.1, 0.15) is 0 Å². The van der Waals surface area contributed by atoms with Gasteiger partial charge in [0.05, 0.1) is 13.4 Å². The Kier molecular flexibility index (Phi) is 10.2. The molecule has 0 aliphatic rings. The van der Waals surface area contributed by atoms with E-state index >= 15 is 0 Å². The summed E-state index contributed by atoms with van der Waals surface area (Å²) in [6.45, 7) is 4.48. The van der Waals surface area contributed by atoms with Gasteiger partial charge in [-0.25, -0.2) is 9.59 Å². The van der Waals surface area contributed by atoms with E-state index in [1.165, 1.54) is 14.0 Å². The van der Waals surface area contributed by atoms with Crippen LogP contribution in [0.2, 0.25) is 0 Å². The number of hydrogen-bond donors (Lipinski definition) is 1. The Balaban J connectivity index is 0. The Bertz CT molecular complexity index is 266. The van der Waals surface area contributed by atoms with Crippen LogP contribution in [-0.2, 0) is 23.9 Å². The van der Waals surface area contributed by atoms with E-state index in [4.69, 9.17) is 5.11 Å². The molecule has 0 atom stereocenters. The van der Waals surface area contributed by atoms with Crippen LogP contribution in [0.25, 0.3) is 0 Å². The Morgan fingerprint density at radius 3 is 2.00 bits per heavy atom. The molecule has 0 aromatic rings. The molecular formula is C9H12O6. The lowest BCUT2D eigenvalue weighted by Gasteiger charge is -1.85. The van der Waals surface area contributed by atoms with E-state index in [0.717, 1.165) is 12.3 Å². The fraction of sp³-hybridized carbons (Fsp3) is 0.222. The van der Waals surface area contributed by atoms with E-state index in [9.17, 15) is 14.4 Å². The molecule has 0 aromatic heterocycles. The summed E-state index contributed by atoms with van der Waals surface area (Å²) in [7, 11) is 1.18. The predicted molar refractivity (Wildman–Crippen MR) is 50.8 cm³/mol. The Morgan fingerprint density at radius 1 is 1.27 bits per heavy atom. The summed E-state index contributed by atoms with van der Waals surface area (Å²) < 4.78 is 8.28. The lowest BCUT2D eigenvalue weighted by molar-refractivity contribution is -0.136. The van der Waals surface area contributed by atoms with Crippen molar-refractivity contribution in [1.82, 2.24) is 0 Å². The van der Waals surface area contributed by atoms with Gasteiger partial charge in [-0.1, -0.05) is 6.58 Å². The molecule has 0 aliphatic heterocycles. The van der Waals surface area contributed by atoms with Gasteiger partial charge in [-0.05, 0) is 0 Å². The van der Waals surface area contributed by atoms with Crippen molar-refractivity contribution in [2.24, 2.45) is 0 Å². The summed E-state index contributed by atoms with van der Waals surface area (Å²) in [5, 5.41) is 7.96. The van der Waals surface area contributed by atoms with Gasteiger partial charge in [0, 0.05) is 19.1 Å². The maximum atomic E-state index is 10.1. The molecule has 0 rings (SSSR count). The molecule has 15 heavy (non-hydrogen) atoms. The SMILES string of the molecule is C=COC(C)=O.COC(=O)/C=C/C(=O)O. The fourth-order valence-electron chi connectivity index (χ4n) is 0.325. The number of carboxylic acids is 1. The highest BCUT2D eigenvalue weighted by Crippen LogP contribution is 1.76. The molecular weight excluding hydrogens is 204 g/mol. The molecule has 0 heterocycles. The molecule has 0 radical (unpaired) electrons. The first-order valence-electron chi connectivity index (χ1n) is 3.71. The first kappa shape index (κ1) is 15.4. The number of carbonyl (C=O) groups is 3. The number of carbonyl (C=O) groups excluding carboxylic acids is 2. The highest BCUT2D eigenvalue weighted by atomic mass is 16.5. The van der Waals surface area contributed by atoms with E-state index in [2.05, 4.69) is 16.1 Å². The van der Waals surface area contributed by atoms with Gasteiger partial charge in [0.25, 0.3) is 0 Å². The third-order valence-electron chi connectivity index (χ3n) is 0.812. The van der Waals surface area contributed by atoms with Gasteiger partial charge in [-0.15, -0.1) is 0 Å². The standard InChI is InChI=1S/C5H6O4.C4H6O2/c1-9-5(8)3-2-4(6)7;1-3-6-4(2)5/h2-3H,1H3,(H,6,7);3H,1H2,2H3/b3-2+;. The number of ether oxygens (including phenoxy) is 2. The Labute approximate surface area is 86.8 Å². The molecule has 0 bridgehead atoms. The van der Waals surface area contributed by atoms with Crippen LogP contribution in [0.3, 0.4) is 0 Å². The van der Waals surface area contributed by atoms with E-state index in [1.807, 2.05) is 0 Å². The monoisotopic (exact) mass is 216 g/mol. The largest absolute Gasteiger partial charge is 0.478 e. The van der Waals surface area contributed by atoms with Crippen LogP contribution in [0, 0.1) is 0 Å². The first-order valence-corrected chi connectivity index (χ1v) is 3.71. The van der Waals surface area contributed by atoms with Crippen molar-refractivity contribution < 1.29 is 29.0 Å². The molecule has 84 valence electrons. The number of hydrogen-bond acceptors (Lipinski definition) is 5. The van der Waals surface area contributed by atoms with Crippen molar-refractivity contribution >= 4 is 17.9 Å². The maximum absolute atomic E-state index is 10.1. The zero-order valence-electron chi connectivity index (χ0n) is 8.43. The second-order valence-corrected chi connectivity index (χ2v) is 1.97. The third-order valence-corrected chi connectivity index (χ3v) is 0.812. The van der Waals surface area contributed by atoms with Gasteiger partial charge in [0.2, 0.25) is 0 Å². The minimum absolute atomic E-state index is 0.329. The predicted octanol–water partition coefficient (Wildman–Crippen LogP) is 0.493. The number of carboxylic acid groups (broad SMARTS) is 1. The zero-order valence-corrected chi connectivity index (χ0v) is 8.43. The Hall–Kier alpha value is -2.11. The van der Waals surface area contributed by atoms with Crippen molar-refractivity contribution in [3.63, 3.8) is 0 Å². The maximum Gasteiger partial charge on any atom is 0.330 e. The van der Waals surface area contributed by atoms with E-state index < -0.39 is 11.9 Å². The van der Waals surface area contributed by atoms with Crippen molar-refractivity contribution in [2.45, 2.75) is 6.92 Å². The summed E-state index contributed by atoms with van der Waals surface area (Å²) in [6.07, 6.45) is 2.65. The molecule has 6 nitrogen and oxygen atoms in total. The average Bonchev–Trinajstić information content (AvgIpc) is 2.14. The highest BCUT2D eigenvalue weighted by molar-refractivity contribution is 5.90. The van der Waals surface area contributed by atoms with Crippen LogP contribution in [-0.4, -0.2) is 30.1 Å². The second-order valence-electron chi connectivity index (χ2n) is 1.97. The van der Waals surface area contributed by atoms with Gasteiger partial charge < -0.3 is 14.6 Å².